The highest BCUT2D eigenvalue weighted by Gasteiger charge is 2.34. The normalized spacial score (nSPS) is 17.6. The van der Waals surface area contributed by atoms with Gasteiger partial charge in [0.25, 0.3) is 0 Å². The number of carbonyl (C=O) groups excluding carboxylic acids is 1. The second kappa shape index (κ2) is 6.61. The lowest BCUT2D eigenvalue weighted by Crippen LogP contribution is -2.37. The molecule has 2 unspecified atom stereocenters. The highest BCUT2D eigenvalue weighted by molar-refractivity contribution is 9.10. The molecule has 0 aliphatic heterocycles. The lowest BCUT2D eigenvalue weighted by atomic mass is 10.0. The standard InChI is InChI=1S/C16H22BrNO2/c1-10(2)14(17)16(19)18-15(11-4-5-11)12-6-8-13(20-3)9-7-12/h6-11,14-15H,4-5H2,1-3H3,(H,18,19). The molecule has 1 aliphatic carbocycles. The lowest BCUT2D eigenvalue weighted by molar-refractivity contribution is -0.122. The van der Waals surface area contributed by atoms with Crippen LogP contribution in [0.5, 0.6) is 5.75 Å². The maximum absolute atomic E-state index is 12.2. The minimum Gasteiger partial charge on any atom is -0.497 e. The maximum atomic E-state index is 12.2. The Morgan fingerprint density at radius 1 is 1.30 bits per heavy atom. The number of benzene rings is 1. The predicted molar refractivity (Wildman–Crippen MR) is 84.2 cm³/mol. The van der Waals surface area contributed by atoms with Gasteiger partial charge in [0.2, 0.25) is 5.91 Å². The van der Waals surface area contributed by atoms with Crippen molar-refractivity contribution in [3.63, 3.8) is 0 Å². The molecule has 20 heavy (non-hydrogen) atoms. The summed E-state index contributed by atoms with van der Waals surface area (Å²) in [5.41, 5.74) is 1.16. The molecule has 0 radical (unpaired) electrons. The summed E-state index contributed by atoms with van der Waals surface area (Å²) >= 11 is 3.47. The van der Waals surface area contributed by atoms with Gasteiger partial charge in [0.15, 0.2) is 0 Å². The van der Waals surface area contributed by atoms with Crippen LogP contribution in [0.25, 0.3) is 0 Å². The third-order valence-electron chi connectivity index (χ3n) is 3.70. The molecule has 0 spiro atoms. The molecule has 1 aliphatic rings. The third-order valence-corrected chi connectivity index (χ3v) is 5.18. The lowest BCUT2D eigenvalue weighted by Gasteiger charge is -2.22. The van der Waals surface area contributed by atoms with Crippen LogP contribution in [0.2, 0.25) is 0 Å². The van der Waals surface area contributed by atoms with E-state index in [1.807, 2.05) is 38.1 Å². The van der Waals surface area contributed by atoms with Gasteiger partial charge in [-0.15, -0.1) is 0 Å². The number of nitrogens with one attached hydrogen (secondary N) is 1. The number of rotatable bonds is 6. The predicted octanol–water partition coefficient (Wildman–Crippen LogP) is 3.68. The van der Waals surface area contributed by atoms with Crippen molar-refractivity contribution in [2.24, 2.45) is 11.8 Å². The number of ether oxygens (including phenoxy) is 1. The molecule has 110 valence electrons. The van der Waals surface area contributed by atoms with Crippen LogP contribution in [-0.2, 0) is 4.79 Å². The average molecular weight is 340 g/mol. The van der Waals surface area contributed by atoms with Gasteiger partial charge in [0.05, 0.1) is 18.0 Å². The van der Waals surface area contributed by atoms with Crippen molar-refractivity contribution in [3.05, 3.63) is 29.8 Å². The van der Waals surface area contributed by atoms with Crippen LogP contribution in [0.3, 0.4) is 0 Å². The SMILES string of the molecule is COc1ccc(C(NC(=O)C(Br)C(C)C)C2CC2)cc1. The van der Waals surface area contributed by atoms with E-state index >= 15 is 0 Å². The van der Waals surface area contributed by atoms with E-state index < -0.39 is 0 Å². The van der Waals surface area contributed by atoms with Gasteiger partial charge < -0.3 is 10.1 Å². The minimum atomic E-state index is -0.137. The van der Waals surface area contributed by atoms with Crippen molar-refractivity contribution in [1.29, 1.82) is 0 Å². The average Bonchev–Trinajstić information content (AvgIpc) is 3.28. The summed E-state index contributed by atoms with van der Waals surface area (Å²) < 4.78 is 5.18. The zero-order valence-electron chi connectivity index (χ0n) is 12.2. The van der Waals surface area contributed by atoms with E-state index in [0.717, 1.165) is 11.3 Å². The van der Waals surface area contributed by atoms with Crippen LogP contribution < -0.4 is 10.1 Å². The third kappa shape index (κ3) is 3.75. The first-order valence-corrected chi connectivity index (χ1v) is 8.03. The van der Waals surface area contributed by atoms with Crippen LogP contribution in [0.1, 0.15) is 38.3 Å². The second-order valence-corrected chi connectivity index (χ2v) is 6.73. The molecular weight excluding hydrogens is 318 g/mol. The van der Waals surface area contributed by atoms with Crippen LogP contribution in [0.15, 0.2) is 24.3 Å². The summed E-state index contributed by atoms with van der Waals surface area (Å²) in [4.78, 5) is 12.1. The summed E-state index contributed by atoms with van der Waals surface area (Å²) in [6.45, 7) is 4.08. The Labute approximate surface area is 129 Å². The first-order valence-electron chi connectivity index (χ1n) is 7.11. The molecule has 1 aromatic rings. The fourth-order valence-corrected chi connectivity index (χ4v) is 2.38. The van der Waals surface area contributed by atoms with Crippen molar-refractivity contribution in [2.45, 2.75) is 37.6 Å². The summed E-state index contributed by atoms with van der Waals surface area (Å²) in [6.07, 6.45) is 2.37. The zero-order chi connectivity index (χ0) is 14.7. The quantitative estimate of drug-likeness (QED) is 0.803. The fraction of sp³-hybridized carbons (Fsp3) is 0.562. The maximum Gasteiger partial charge on any atom is 0.234 e. The monoisotopic (exact) mass is 339 g/mol. The van der Waals surface area contributed by atoms with Gasteiger partial charge in [-0.25, -0.2) is 0 Å². The topological polar surface area (TPSA) is 38.3 Å². The van der Waals surface area contributed by atoms with Gasteiger partial charge in [0.1, 0.15) is 5.75 Å². The van der Waals surface area contributed by atoms with Gasteiger partial charge in [-0.05, 0) is 42.4 Å². The highest BCUT2D eigenvalue weighted by atomic mass is 79.9. The first kappa shape index (κ1) is 15.4. The molecule has 1 aromatic carbocycles. The number of carbonyl (C=O) groups is 1. The Balaban J connectivity index is 2.08. The molecule has 0 heterocycles. The van der Waals surface area contributed by atoms with E-state index in [2.05, 4.69) is 21.2 Å². The molecule has 1 saturated carbocycles. The van der Waals surface area contributed by atoms with Crippen molar-refractivity contribution < 1.29 is 9.53 Å². The number of methoxy groups -OCH3 is 1. The number of alkyl halides is 1. The Morgan fingerprint density at radius 2 is 1.90 bits per heavy atom. The van der Waals surface area contributed by atoms with Crippen LogP contribution >= 0.6 is 15.9 Å². The Hall–Kier alpha value is -1.03. The Bertz CT molecular complexity index is 454. The molecule has 2 rings (SSSR count). The van der Waals surface area contributed by atoms with Gasteiger partial charge in [-0.2, -0.15) is 0 Å². The molecule has 1 fully saturated rings. The minimum absolute atomic E-state index is 0.0766. The number of hydrogen-bond donors (Lipinski definition) is 1. The molecule has 0 aromatic heterocycles. The van der Waals surface area contributed by atoms with E-state index in [-0.39, 0.29) is 22.7 Å². The fourth-order valence-electron chi connectivity index (χ4n) is 2.25. The Morgan fingerprint density at radius 3 is 2.35 bits per heavy atom. The summed E-state index contributed by atoms with van der Waals surface area (Å²) in [7, 11) is 1.66. The van der Waals surface area contributed by atoms with E-state index in [1.165, 1.54) is 12.8 Å². The summed E-state index contributed by atoms with van der Waals surface area (Å²) in [5.74, 6) is 1.77. The highest BCUT2D eigenvalue weighted by Crippen LogP contribution is 2.41. The Kier molecular flexibility index (Phi) is 5.08. The van der Waals surface area contributed by atoms with Gasteiger partial charge in [0, 0.05) is 0 Å². The first-order chi connectivity index (χ1) is 9.52. The van der Waals surface area contributed by atoms with Crippen molar-refractivity contribution >= 4 is 21.8 Å². The smallest absolute Gasteiger partial charge is 0.234 e. The number of halogens is 1. The molecule has 0 bridgehead atoms. The number of hydrogen-bond acceptors (Lipinski definition) is 2. The van der Waals surface area contributed by atoms with E-state index in [9.17, 15) is 4.79 Å². The molecule has 4 heteroatoms. The molecule has 3 nitrogen and oxygen atoms in total. The van der Waals surface area contributed by atoms with Gasteiger partial charge >= 0.3 is 0 Å². The summed E-state index contributed by atoms with van der Waals surface area (Å²) in [5, 5.41) is 3.19. The van der Waals surface area contributed by atoms with Crippen LogP contribution in [-0.4, -0.2) is 17.8 Å². The van der Waals surface area contributed by atoms with Gasteiger partial charge in [-0.1, -0.05) is 41.9 Å². The molecule has 0 saturated heterocycles. The summed E-state index contributed by atoms with van der Waals surface area (Å²) in [6, 6.07) is 8.10. The molecule has 1 amide bonds. The van der Waals surface area contributed by atoms with E-state index in [1.54, 1.807) is 7.11 Å². The van der Waals surface area contributed by atoms with Gasteiger partial charge in [-0.3, -0.25) is 4.79 Å². The van der Waals surface area contributed by atoms with Crippen molar-refractivity contribution in [1.82, 2.24) is 5.32 Å². The number of amides is 1. The molecule has 2 atom stereocenters. The molecular formula is C16H22BrNO2. The van der Waals surface area contributed by atoms with Crippen molar-refractivity contribution in [2.75, 3.05) is 7.11 Å². The van der Waals surface area contributed by atoms with E-state index in [0.29, 0.717) is 5.92 Å². The van der Waals surface area contributed by atoms with E-state index in [4.69, 9.17) is 4.74 Å². The molecule has 1 N–H and O–H groups in total. The van der Waals surface area contributed by atoms with Crippen LogP contribution in [0, 0.1) is 11.8 Å². The second-order valence-electron chi connectivity index (χ2n) is 5.74. The largest absolute Gasteiger partial charge is 0.497 e. The zero-order valence-corrected chi connectivity index (χ0v) is 13.8. The van der Waals surface area contributed by atoms with Crippen molar-refractivity contribution in [3.8, 4) is 5.75 Å². The van der Waals surface area contributed by atoms with Crippen LogP contribution in [0.4, 0.5) is 0 Å².